The Bertz CT molecular complexity index is 948. The summed E-state index contributed by atoms with van der Waals surface area (Å²) in [5.41, 5.74) is 0.171. The highest BCUT2D eigenvalue weighted by molar-refractivity contribution is 6.21. The van der Waals surface area contributed by atoms with E-state index in [0.29, 0.717) is 10.8 Å². The molecule has 4 rings (SSSR count). The summed E-state index contributed by atoms with van der Waals surface area (Å²) in [6.07, 6.45) is 0.108. The van der Waals surface area contributed by atoms with Crippen molar-refractivity contribution in [2.45, 2.75) is 13.3 Å². The highest BCUT2D eigenvalue weighted by Crippen LogP contribution is 2.35. The van der Waals surface area contributed by atoms with Gasteiger partial charge >= 0.3 is 5.97 Å². The maximum Gasteiger partial charge on any atom is 0.348 e. The van der Waals surface area contributed by atoms with Crippen molar-refractivity contribution in [2.24, 2.45) is 5.41 Å². The van der Waals surface area contributed by atoms with E-state index in [1.807, 2.05) is 0 Å². The molecule has 0 bridgehead atoms. The average Bonchev–Trinajstić information content (AvgIpc) is 2.88. The number of rotatable bonds is 2. The SMILES string of the molecule is CC1(C(=O)ON2C(=O)c3ccccc3C2=O)Cc2ccccc2NC1=O. The first-order chi connectivity index (χ1) is 12.4. The molecule has 2 aliphatic rings. The standard InChI is InChI=1S/C19H14N2O5/c1-19(10-11-6-2-5-9-14(11)20-17(19)24)18(25)26-21-15(22)12-7-3-4-8-13(12)16(21)23/h2-9H,10H2,1H3,(H,20,24). The van der Waals surface area contributed by atoms with Crippen LogP contribution >= 0.6 is 0 Å². The minimum atomic E-state index is -1.55. The van der Waals surface area contributed by atoms with Crippen LogP contribution in [0.25, 0.3) is 0 Å². The Kier molecular flexibility index (Phi) is 3.40. The largest absolute Gasteiger partial charge is 0.348 e. The van der Waals surface area contributed by atoms with Gasteiger partial charge in [0.25, 0.3) is 11.8 Å². The molecule has 0 saturated heterocycles. The Morgan fingerprint density at radius 1 is 1.00 bits per heavy atom. The molecule has 0 spiro atoms. The third kappa shape index (κ3) is 2.21. The Morgan fingerprint density at radius 3 is 2.23 bits per heavy atom. The van der Waals surface area contributed by atoms with E-state index in [0.717, 1.165) is 5.56 Å². The van der Waals surface area contributed by atoms with Crippen LogP contribution in [-0.4, -0.2) is 28.8 Å². The fourth-order valence-corrected chi connectivity index (χ4v) is 3.12. The van der Waals surface area contributed by atoms with Gasteiger partial charge in [0.15, 0.2) is 5.41 Å². The second-order valence-electron chi connectivity index (χ2n) is 6.45. The molecule has 130 valence electrons. The Labute approximate surface area is 148 Å². The first kappa shape index (κ1) is 16.0. The van der Waals surface area contributed by atoms with Gasteiger partial charge in [-0.2, -0.15) is 0 Å². The summed E-state index contributed by atoms with van der Waals surface area (Å²) in [7, 11) is 0. The molecule has 2 heterocycles. The van der Waals surface area contributed by atoms with Crippen LogP contribution in [0.15, 0.2) is 48.5 Å². The van der Waals surface area contributed by atoms with Gasteiger partial charge in [0.05, 0.1) is 11.1 Å². The second kappa shape index (κ2) is 5.52. The van der Waals surface area contributed by atoms with Crippen LogP contribution in [0.2, 0.25) is 0 Å². The van der Waals surface area contributed by atoms with E-state index in [2.05, 4.69) is 5.32 Å². The van der Waals surface area contributed by atoms with Crippen LogP contribution < -0.4 is 5.32 Å². The molecular formula is C19H14N2O5. The van der Waals surface area contributed by atoms with Gasteiger partial charge in [0.2, 0.25) is 5.91 Å². The summed E-state index contributed by atoms with van der Waals surface area (Å²) in [6.45, 7) is 1.43. The number of hydroxylamine groups is 2. The van der Waals surface area contributed by atoms with Crippen molar-refractivity contribution in [1.29, 1.82) is 0 Å². The molecule has 3 amide bonds. The summed E-state index contributed by atoms with van der Waals surface area (Å²) in [5.74, 6) is -2.95. The number of nitrogens with zero attached hydrogens (tertiary/aromatic N) is 1. The van der Waals surface area contributed by atoms with Gasteiger partial charge in [-0.25, -0.2) is 4.79 Å². The van der Waals surface area contributed by atoms with E-state index in [9.17, 15) is 19.2 Å². The molecule has 1 unspecified atom stereocenters. The number of para-hydroxylation sites is 1. The van der Waals surface area contributed by atoms with E-state index < -0.39 is 29.1 Å². The van der Waals surface area contributed by atoms with Crippen molar-refractivity contribution in [3.63, 3.8) is 0 Å². The van der Waals surface area contributed by atoms with E-state index in [1.165, 1.54) is 19.1 Å². The van der Waals surface area contributed by atoms with Crippen LogP contribution in [0.3, 0.4) is 0 Å². The number of carbonyl (C=O) groups excluding carboxylic acids is 4. The lowest BCUT2D eigenvalue weighted by Gasteiger charge is -2.32. The Morgan fingerprint density at radius 2 is 1.58 bits per heavy atom. The molecule has 0 aromatic heterocycles. The zero-order chi connectivity index (χ0) is 18.5. The topological polar surface area (TPSA) is 92.8 Å². The average molecular weight is 350 g/mol. The lowest BCUT2D eigenvalue weighted by molar-refractivity contribution is -0.181. The Balaban J connectivity index is 1.60. The highest BCUT2D eigenvalue weighted by Gasteiger charge is 2.49. The molecule has 2 aromatic rings. The molecule has 7 heteroatoms. The molecule has 26 heavy (non-hydrogen) atoms. The summed E-state index contributed by atoms with van der Waals surface area (Å²) in [5, 5.41) is 3.09. The molecular weight excluding hydrogens is 336 g/mol. The first-order valence-corrected chi connectivity index (χ1v) is 8.01. The molecule has 2 aliphatic heterocycles. The van der Waals surface area contributed by atoms with Crippen molar-refractivity contribution >= 4 is 29.4 Å². The van der Waals surface area contributed by atoms with Crippen LogP contribution in [0.4, 0.5) is 5.69 Å². The molecule has 0 radical (unpaired) electrons. The predicted molar refractivity (Wildman–Crippen MR) is 89.9 cm³/mol. The number of anilines is 1. The predicted octanol–water partition coefficient (Wildman–Crippen LogP) is 1.94. The van der Waals surface area contributed by atoms with E-state index in [4.69, 9.17) is 4.84 Å². The van der Waals surface area contributed by atoms with Crippen LogP contribution in [0, 0.1) is 5.41 Å². The molecule has 2 aromatic carbocycles. The molecule has 0 saturated carbocycles. The zero-order valence-electron chi connectivity index (χ0n) is 13.8. The smallest absolute Gasteiger partial charge is 0.329 e. The highest BCUT2D eigenvalue weighted by atomic mass is 16.7. The van der Waals surface area contributed by atoms with Crippen LogP contribution in [0.1, 0.15) is 33.2 Å². The van der Waals surface area contributed by atoms with Crippen molar-refractivity contribution in [3.8, 4) is 0 Å². The van der Waals surface area contributed by atoms with E-state index in [-0.39, 0.29) is 17.5 Å². The molecule has 7 nitrogen and oxygen atoms in total. The molecule has 0 fully saturated rings. The van der Waals surface area contributed by atoms with Gasteiger partial charge < -0.3 is 10.2 Å². The van der Waals surface area contributed by atoms with Crippen molar-refractivity contribution in [2.75, 3.05) is 5.32 Å². The fourth-order valence-electron chi connectivity index (χ4n) is 3.12. The van der Waals surface area contributed by atoms with Gasteiger partial charge in [-0.1, -0.05) is 35.4 Å². The summed E-state index contributed by atoms with van der Waals surface area (Å²) >= 11 is 0. The maximum absolute atomic E-state index is 12.7. The Hall–Kier alpha value is -3.48. The minimum Gasteiger partial charge on any atom is -0.329 e. The number of benzene rings is 2. The van der Waals surface area contributed by atoms with Gasteiger partial charge in [-0.05, 0) is 37.1 Å². The number of hydrogen-bond donors (Lipinski definition) is 1. The lowest BCUT2D eigenvalue weighted by atomic mass is 9.79. The fraction of sp³-hybridized carbons (Fsp3) is 0.158. The normalized spacial score (nSPS) is 21.1. The number of hydrogen-bond acceptors (Lipinski definition) is 5. The lowest BCUT2D eigenvalue weighted by Crippen LogP contribution is -2.49. The second-order valence-corrected chi connectivity index (χ2v) is 6.45. The number of amides is 3. The third-order valence-electron chi connectivity index (χ3n) is 4.69. The van der Waals surface area contributed by atoms with Crippen molar-refractivity contribution in [3.05, 3.63) is 65.2 Å². The third-order valence-corrected chi connectivity index (χ3v) is 4.69. The van der Waals surface area contributed by atoms with Gasteiger partial charge in [-0.15, -0.1) is 0 Å². The molecule has 1 atom stereocenters. The van der Waals surface area contributed by atoms with Crippen molar-refractivity contribution in [1.82, 2.24) is 5.06 Å². The van der Waals surface area contributed by atoms with Gasteiger partial charge in [0, 0.05) is 5.69 Å². The summed E-state index contributed by atoms with van der Waals surface area (Å²) < 4.78 is 0. The first-order valence-electron chi connectivity index (χ1n) is 8.01. The summed E-state index contributed by atoms with van der Waals surface area (Å²) in [6, 6.07) is 13.3. The number of imide groups is 1. The molecule has 0 aliphatic carbocycles. The number of carbonyl (C=O) groups is 4. The van der Waals surface area contributed by atoms with Crippen molar-refractivity contribution < 1.29 is 24.0 Å². The van der Waals surface area contributed by atoms with E-state index in [1.54, 1.807) is 36.4 Å². The van der Waals surface area contributed by atoms with E-state index >= 15 is 0 Å². The van der Waals surface area contributed by atoms with Gasteiger partial charge in [0.1, 0.15) is 0 Å². The minimum absolute atomic E-state index is 0.108. The monoisotopic (exact) mass is 350 g/mol. The number of fused-ring (bicyclic) bond motifs is 2. The zero-order valence-corrected chi connectivity index (χ0v) is 13.8. The van der Waals surface area contributed by atoms with Crippen LogP contribution in [-0.2, 0) is 20.8 Å². The maximum atomic E-state index is 12.7. The summed E-state index contributed by atoms with van der Waals surface area (Å²) in [4.78, 5) is 54.9. The number of nitrogens with one attached hydrogen (secondary N) is 1. The quantitative estimate of drug-likeness (QED) is 0.660. The van der Waals surface area contributed by atoms with Gasteiger partial charge in [-0.3, -0.25) is 14.4 Å². The molecule has 1 N–H and O–H groups in total. The van der Waals surface area contributed by atoms with Crippen LogP contribution in [0.5, 0.6) is 0 Å².